The summed E-state index contributed by atoms with van der Waals surface area (Å²) in [5.74, 6) is 0.188. The molecule has 0 amide bonds. The number of benzene rings is 5. The highest BCUT2D eigenvalue weighted by Crippen LogP contribution is 2.45. The third kappa shape index (κ3) is 1.47. The lowest BCUT2D eigenvalue weighted by Crippen LogP contribution is -1.94. The molecule has 0 aromatic heterocycles. The van der Waals surface area contributed by atoms with Gasteiger partial charge in [-0.3, -0.25) is 10.1 Å². The summed E-state index contributed by atoms with van der Waals surface area (Å²) in [5.41, 5.74) is 0.121. The molecular weight excluding hydrogens is 302 g/mol. The minimum Gasteiger partial charge on any atom is -0.507 e. The third-order valence-corrected chi connectivity index (χ3v) is 4.80. The van der Waals surface area contributed by atoms with E-state index in [9.17, 15) is 15.2 Å². The molecule has 0 spiro atoms. The molecule has 0 saturated carbocycles. The molecule has 114 valence electrons. The van der Waals surface area contributed by atoms with Crippen LogP contribution in [0.5, 0.6) is 5.75 Å². The normalized spacial score (nSPS) is 11.8. The van der Waals surface area contributed by atoms with Crippen LogP contribution in [0.4, 0.5) is 5.69 Å². The summed E-state index contributed by atoms with van der Waals surface area (Å²) >= 11 is 0. The van der Waals surface area contributed by atoms with E-state index in [2.05, 4.69) is 0 Å². The number of hydrogen-bond donors (Lipinski definition) is 1. The molecule has 0 atom stereocenters. The Morgan fingerprint density at radius 2 is 1.38 bits per heavy atom. The molecule has 0 aliphatic rings. The van der Waals surface area contributed by atoms with Gasteiger partial charge < -0.3 is 5.11 Å². The van der Waals surface area contributed by atoms with Gasteiger partial charge in [0.1, 0.15) is 5.75 Å². The summed E-state index contributed by atoms with van der Waals surface area (Å²) in [6, 6.07) is 18.4. The summed E-state index contributed by atoms with van der Waals surface area (Å²) in [4.78, 5) is 11.5. The van der Waals surface area contributed by atoms with Crippen molar-refractivity contribution in [2.45, 2.75) is 0 Å². The molecular formula is C20H11NO3. The van der Waals surface area contributed by atoms with Crippen molar-refractivity contribution in [3.8, 4) is 5.75 Å². The van der Waals surface area contributed by atoms with Gasteiger partial charge in [0.05, 0.1) is 15.7 Å². The second-order valence-electron chi connectivity index (χ2n) is 5.98. The van der Waals surface area contributed by atoms with Crippen molar-refractivity contribution in [2.24, 2.45) is 0 Å². The Labute approximate surface area is 136 Å². The van der Waals surface area contributed by atoms with Crippen LogP contribution in [0.25, 0.3) is 43.1 Å². The van der Waals surface area contributed by atoms with Crippen molar-refractivity contribution in [1.82, 2.24) is 0 Å². The van der Waals surface area contributed by atoms with Crippen molar-refractivity contribution < 1.29 is 10.0 Å². The van der Waals surface area contributed by atoms with Gasteiger partial charge in [-0.15, -0.1) is 0 Å². The molecule has 0 bridgehead atoms. The first-order valence-corrected chi connectivity index (χ1v) is 7.62. The zero-order valence-electron chi connectivity index (χ0n) is 12.5. The second kappa shape index (κ2) is 4.32. The van der Waals surface area contributed by atoms with E-state index in [1.54, 1.807) is 12.1 Å². The first kappa shape index (κ1) is 13.1. The van der Waals surface area contributed by atoms with Crippen LogP contribution >= 0.6 is 0 Å². The highest BCUT2D eigenvalue weighted by Gasteiger charge is 2.22. The Kier molecular flexibility index (Phi) is 2.36. The molecule has 0 aliphatic heterocycles. The molecule has 0 saturated heterocycles. The van der Waals surface area contributed by atoms with E-state index >= 15 is 0 Å². The van der Waals surface area contributed by atoms with Gasteiger partial charge in [-0.05, 0) is 40.4 Å². The minimum atomic E-state index is -0.311. The average Bonchev–Trinajstić information content (AvgIpc) is 2.60. The smallest absolute Gasteiger partial charge is 0.285 e. The quantitative estimate of drug-likeness (QED) is 0.196. The van der Waals surface area contributed by atoms with Gasteiger partial charge in [0.15, 0.2) is 0 Å². The van der Waals surface area contributed by atoms with Crippen LogP contribution in [0.1, 0.15) is 0 Å². The summed E-state index contributed by atoms with van der Waals surface area (Å²) in [6.07, 6.45) is 0. The largest absolute Gasteiger partial charge is 0.507 e. The van der Waals surface area contributed by atoms with E-state index in [-0.39, 0.29) is 16.4 Å². The van der Waals surface area contributed by atoms with Gasteiger partial charge >= 0.3 is 0 Å². The molecule has 0 radical (unpaired) electrons. The average molecular weight is 313 g/mol. The molecule has 4 heteroatoms. The van der Waals surface area contributed by atoms with Crippen molar-refractivity contribution in [3.05, 3.63) is 70.8 Å². The maximum Gasteiger partial charge on any atom is 0.285 e. The molecule has 1 N–H and O–H groups in total. The maximum atomic E-state index is 11.8. The van der Waals surface area contributed by atoms with Gasteiger partial charge in [-0.2, -0.15) is 0 Å². The number of aromatic hydroxyl groups is 1. The van der Waals surface area contributed by atoms with E-state index in [0.717, 1.165) is 32.3 Å². The van der Waals surface area contributed by atoms with E-state index in [1.165, 1.54) is 0 Å². The van der Waals surface area contributed by atoms with Crippen LogP contribution in [-0.2, 0) is 0 Å². The van der Waals surface area contributed by atoms with Gasteiger partial charge in [0.25, 0.3) is 5.69 Å². The van der Waals surface area contributed by atoms with Crippen LogP contribution in [-0.4, -0.2) is 10.0 Å². The highest BCUT2D eigenvalue weighted by molar-refractivity contribution is 6.32. The predicted octanol–water partition coefficient (Wildman–Crippen LogP) is 5.35. The topological polar surface area (TPSA) is 63.4 Å². The van der Waals surface area contributed by atoms with E-state index in [0.29, 0.717) is 10.8 Å². The number of phenols is 1. The highest BCUT2D eigenvalue weighted by atomic mass is 16.6. The van der Waals surface area contributed by atoms with E-state index in [4.69, 9.17) is 0 Å². The van der Waals surface area contributed by atoms with Crippen LogP contribution in [0.3, 0.4) is 0 Å². The lowest BCUT2D eigenvalue weighted by atomic mass is 9.89. The van der Waals surface area contributed by atoms with Crippen LogP contribution in [0.2, 0.25) is 0 Å². The monoisotopic (exact) mass is 313 g/mol. The van der Waals surface area contributed by atoms with Crippen LogP contribution < -0.4 is 0 Å². The molecule has 0 heterocycles. The van der Waals surface area contributed by atoms with Gasteiger partial charge in [0.2, 0.25) is 0 Å². The molecule has 0 unspecified atom stereocenters. The first-order valence-electron chi connectivity index (χ1n) is 7.62. The number of fused-ring (bicyclic) bond motifs is 2. The molecule has 5 rings (SSSR count). The SMILES string of the molecule is O=[N+]([O-])c1c2ccccc2c2ccc3c(O)ccc4ccc1c2c43. The molecule has 5 aromatic rings. The van der Waals surface area contributed by atoms with Crippen molar-refractivity contribution in [2.75, 3.05) is 0 Å². The van der Waals surface area contributed by atoms with Crippen molar-refractivity contribution >= 4 is 48.8 Å². The summed E-state index contributed by atoms with van der Waals surface area (Å²) in [6.45, 7) is 0. The number of hydrogen-bond acceptors (Lipinski definition) is 3. The standard InChI is InChI=1S/C20H11NO3/c22-17-10-6-11-5-7-16-19-13(8-9-15(17)18(11)19)12-3-1-2-4-14(12)20(16)21(23)24/h1-10,22H. The Bertz CT molecular complexity index is 1290. The summed E-state index contributed by atoms with van der Waals surface area (Å²) < 4.78 is 0. The number of non-ortho nitro benzene ring substituents is 1. The van der Waals surface area contributed by atoms with Gasteiger partial charge in [-0.25, -0.2) is 0 Å². The number of phenolic OH excluding ortho intramolecular Hbond substituents is 1. The minimum absolute atomic E-state index is 0.121. The maximum absolute atomic E-state index is 11.8. The second-order valence-corrected chi connectivity index (χ2v) is 5.98. The Morgan fingerprint density at radius 3 is 2.17 bits per heavy atom. The van der Waals surface area contributed by atoms with Crippen molar-refractivity contribution in [3.63, 3.8) is 0 Å². The van der Waals surface area contributed by atoms with Gasteiger partial charge in [-0.1, -0.05) is 36.4 Å². The molecule has 0 fully saturated rings. The molecule has 5 aromatic carbocycles. The Morgan fingerprint density at radius 1 is 0.708 bits per heavy atom. The number of rotatable bonds is 1. The Hall–Kier alpha value is -3.40. The zero-order chi connectivity index (χ0) is 16.4. The summed E-state index contributed by atoms with van der Waals surface area (Å²) in [5, 5.41) is 28.5. The van der Waals surface area contributed by atoms with Gasteiger partial charge in [0, 0.05) is 16.2 Å². The molecule has 0 aliphatic carbocycles. The lowest BCUT2D eigenvalue weighted by molar-refractivity contribution is -0.381. The summed E-state index contributed by atoms with van der Waals surface area (Å²) in [7, 11) is 0. The Balaban J connectivity index is 2.23. The van der Waals surface area contributed by atoms with Crippen LogP contribution in [0, 0.1) is 10.1 Å². The fourth-order valence-electron chi connectivity index (χ4n) is 3.82. The molecule has 4 nitrogen and oxygen atoms in total. The third-order valence-electron chi connectivity index (χ3n) is 4.80. The number of nitro groups is 1. The lowest BCUT2D eigenvalue weighted by Gasteiger charge is -2.14. The number of nitro benzene ring substituents is 1. The first-order chi connectivity index (χ1) is 11.7. The molecule has 24 heavy (non-hydrogen) atoms. The van der Waals surface area contributed by atoms with Crippen LogP contribution in [0.15, 0.2) is 60.7 Å². The fourth-order valence-corrected chi connectivity index (χ4v) is 3.82. The predicted molar refractivity (Wildman–Crippen MR) is 96.0 cm³/mol. The van der Waals surface area contributed by atoms with E-state index < -0.39 is 0 Å². The van der Waals surface area contributed by atoms with Crippen molar-refractivity contribution in [1.29, 1.82) is 0 Å². The number of nitrogens with zero attached hydrogens (tertiary/aromatic N) is 1. The van der Waals surface area contributed by atoms with E-state index in [1.807, 2.05) is 48.5 Å². The zero-order valence-corrected chi connectivity index (χ0v) is 12.5. The fraction of sp³-hybridized carbons (Fsp3) is 0.